The van der Waals surface area contributed by atoms with E-state index in [-0.39, 0.29) is 107 Å². The third kappa shape index (κ3) is 5.48. The van der Waals surface area contributed by atoms with Crippen molar-refractivity contribution in [2.75, 3.05) is 24.6 Å². The molecule has 4 amide bonds. The van der Waals surface area contributed by atoms with Crippen LogP contribution in [0.5, 0.6) is 0 Å². The molecule has 0 spiro atoms. The van der Waals surface area contributed by atoms with Gasteiger partial charge in [0.2, 0.25) is 0 Å². The summed E-state index contributed by atoms with van der Waals surface area (Å²) in [6, 6.07) is 13.3. The molecular formula is C30H20N2Na2O10S2. The van der Waals surface area contributed by atoms with E-state index in [0.29, 0.717) is 43.1 Å². The molecule has 0 fully saturated rings. The van der Waals surface area contributed by atoms with E-state index in [2.05, 4.69) is 0 Å². The zero-order valence-electron chi connectivity index (χ0n) is 24.7. The van der Waals surface area contributed by atoms with Gasteiger partial charge in [-0.3, -0.25) is 29.0 Å². The number of imide groups is 2. The summed E-state index contributed by atoms with van der Waals surface area (Å²) in [6.07, 6.45) is -0.380. The minimum Gasteiger partial charge on any atom is -0.748 e. The number of hydrogen-bond acceptors (Lipinski definition) is 10. The number of benzene rings is 5. The molecule has 12 nitrogen and oxygen atoms in total. The van der Waals surface area contributed by atoms with Crippen molar-refractivity contribution >= 4 is 87.0 Å². The summed E-state index contributed by atoms with van der Waals surface area (Å²) in [5.74, 6) is -3.84. The van der Waals surface area contributed by atoms with Crippen LogP contribution in [0.4, 0.5) is 0 Å². The normalized spacial score (nSPS) is 14.9. The molecule has 224 valence electrons. The van der Waals surface area contributed by atoms with E-state index >= 15 is 0 Å². The fraction of sp³-hybridized carbons (Fsp3) is 0.200. The van der Waals surface area contributed by atoms with E-state index in [9.17, 15) is 45.1 Å². The number of hydrogen-bond donors (Lipinski definition) is 0. The average molecular weight is 679 g/mol. The Kier molecular flexibility index (Phi) is 9.23. The van der Waals surface area contributed by atoms with E-state index < -0.39 is 55.4 Å². The molecule has 0 N–H and O–H groups in total. The Morgan fingerprint density at radius 1 is 0.457 bits per heavy atom. The maximum Gasteiger partial charge on any atom is 1.00 e. The summed E-state index contributed by atoms with van der Waals surface area (Å²) in [7, 11) is -9.03. The van der Waals surface area contributed by atoms with Gasteiger partial charge in [0.15, 0.2) is 0 Å². The average Bonchev–Trinajstić information content (AvgIpc) is 2.96. The van der Waals surface area contributed by atoms with Crippen LogP contribution in [0.1, 0.15) is 54.3 Å². The van der Waals surface area contributed by atoms with Crippen molar-refractivity contribution in [3.05, 3.63) is 70.8 Å². The van der Waals surface area contributed by atoms with Gasteiger partial charge in [-0.1, -0.05) is 24.3 Å². The van der Waals surface area contributed by atoms with E-state index in [4.69, 9.17) is 0 Å². The molecule has 5 aromatic rings. The van der Waals surface area contributed by atoms with Gasteiger partial charge in [-0.25, -0.2) is 16.8 Å². The molecular weight excluding hydrogens is 658 g/mol. The summed E-state index contributed by atoms with van der Waals surface area (Å²) in [5, 5.41) is 4.91. The second kappa shape index (κ2) is 12.2. The Morgan fingerprint density at radius 3 is 0.957 bits per heavy atom. The van der Waals surface area contributed by atoms with Crippen molar-refractivity contribution in [1.29, 1.82) is 0 Å². The molecule has 0 unspecified atom stereocenters. The van der Waals surface area contributed by atoms with Crippen LogP contribution in [-0.4, -0.2) is 84.0 Å². The van der Waals surface area contributed by atoms with Crippen LogP contribution in [-0.2, 0) is 20.2 Å². The quantitative estimate of drug-likeness (QED) is 0.0532. The zero-order valence-corrected chi connectivity index (χ0v) is 30.3. The van der Waals surface area contributed by atoms with Gasteiger partial charge in [-0.15, -0.1) is 0 Å². The Labute approximate surface area is 306 Å². The molecule has 0 aliphatic carbocycles. The summed E-state index contributed by atoms with van der Waals surface area (Å²) >= 11 is 0. The standard InChI is InChI=1S/C30H22N2O10S2.2Na/c33-27-19-7-3-15-17-5-9-21-26-22(30(36)32(29(21)35)12-2-14-44(40,41)42)10-6-18(24(17)26)16-4-8-20(25(19)23(15)16)28(34)31(27)11-1-13-43(37,38)39;;/h3-10H,1-2,11-14H2,(H,37,38,39)(H,40,41,42);;/q;2*+1/p-2. The SMILES string of the molecule is O=C1c2ccc3c4ccc5c6c(ccc(c7ccc(c2c37)C(=O)N1CCCS(=O)(=O)[O-])c64)C(=O)N(CCCS(=O)(=O)[O-])C5=O.[Na+].[Na+]. The first-order valence-corrected chi connectivity index (χ1v) is 16.7. The number of nitrogens with zero attached hydrogens (tertiary/aromatic N) is 2. The van der Waals surface area contributed by atoms with Crippen LogP contribution >= 0.6 is 0 Å². The first kappa shape index (κ1) is 34.8. The second-order valence-electron chi connectivity index (χ2n) is 10.9. The minimum atomic E-state index is -4.52. The van der Waals surface area contributed by atoms with Gasteiger partial charge in [-0.05, 0) is 69.4 Å². The number of carbonyl (C=O) groups excluding carboxylic acids is 4. The topological polar surface area (TPSA) is 189 Å². The molecule has 5 aromatic carbocycles. The van der Waals surface area contributed by atoms with Gasteiger partial charge in [0.25, 0.3) is 23.6 Å². The fourth-order valence-electron chi connectivity index (χ4n) is 6.57. The molecule has 2 aliphatic rings. The van der Waals surface area contributed by atoms with Crippen LogP contribution in [0.25, 0.3) is 43.1 Å². The molecule has 7 rings (SSSR count). The summed E-state index contributed by atoms with van der Waals surface area (Å²) in [4.78, 5) is 55.7. The Morgan fingerprint density at radius 2 is 0.717 bits per heavy atom. The van der Waals surface area contributed by atoms with Crippen molar-refractivity contribution in [3.8, 4) is 0 Å². The molecule has 46 heavy (non-hydrogen) atoms. The van der Waals surface area contributed by atoms with Crippen molar-refractivity contribution in [1.82, 2.24) is 9.80 Å². The van der Waals surface area contributed by atoms with Crippen LogP contribution in [0, 0.1) is 0 Å². The van der Waals surface area contributed by atoms with Crippen LogP contribution in [0.15, 0.2) is 48.5 Å². The van der Waals surface area contributed by atoms with E-state index in [1.165, 1.54) is 0 Å². The van der Waals surface area contributed by atoms with Crippen LogP contribution < -0.4 is 59.1 Å². The van der Waals surface area contributed by atoms with Crippen molar-refractivity contribution < 1.29 is 104 Å². The molecule has 0 saturated heterocycles. The first-order chi connectivity index (χ1) is 20.8. The molecule has 0 bridgehead atoms. The minimum absolute atomic E-state index is 0. The van der Waals surface area contributed by atoms with E-state index in [0.717, 1.165) is 9.80 Å². The number of fused-ring (bicyclic) bond motifs is 2. The molecule has 0 saturated carbocycles. The number of rotatable bonds is 8. The predicted octanol–water partition coefficient (Wildman–Crippen LogP) is -3.19. The molecule has 2 aliphatic heterocycles. The first-order valence-electron chi connectivity index (χ1n) is 13.6. The Balaban J connectivity index is 0.00000208. The predicted molar refractivity (Wildman–Crippen MR) is 157 cm³/mol. The Bertz CT molecular complexity index is 2110. The monoisotopic (exact) mass is 678 g/mol. The van der Waals surface area contributed by atoms with E-state index in [1.807, 2.05) is 0 Å². The van der Waals surface area contributed by atoms with E-state index in [1.54, 1.807) is 48.5 Å². The second-order valence-corrected chi connectivity index (χ2v) is 13.9. The molecule has 2 heterocycles. The maximum atomic E-state index is 13.5. The van der Waals surface area contributed by atoms with Crippen molar-refractivity contribution in [2.24, 2.45) is 0 Å². The molecule has 0 radical (unpaired) electrons. The third-order valence-electron chi connectivity index (χ3n) is 8.36. The van der Waals surface area contributed by atoms with Crippen LogP contribution in [0.2, 0.25) is 0 Å². The third-order valence-corrected chi connectivity index (χ3v) is 9.93. The summed E-state index contributed by atoms with van der Waals surface area (Å²) < 4.78 is 66.4. The molecule has 16 heteroatoms. The zero-order chi connectivity index (χ0) is 31.3. The van der Waals surface area contributed by atoms with Gasteiger partial charge in [0, 0.05) is 57.6 Å². The summed E-state index contributed by atoms with van der Waals surface area (Å²) in [6.45, 7) is -0.466. The fourth-order valence-corrected chi connectivity index (χ4v) is 7.54. The molecule has 0 aromatic heterocycles. The summed E-state index contributed by atoms with van der Waals surface area (Å²) in [5.41, 5.74) is 1.00. The smallest absolute Gasteiger partial charge is 0.748 e. The maximum absolute atomic E-state index is 13.5. The van der Waals surface area contributed by atoms with Gasteiger partial charge in [-0.2, -0.15) is 0 Å². The van der Waals surface area contributed by atoms with Gasteiger partial charge in [0.1, 0.15) is 0 Å². The van der Waals surface area contributed by atoms with Crippen LogP contribution in [0.3, 0.4) is 0 Å². The van der Waals surface area contributed by atoms with Crippen molar-refractivity contribution in [2.45, 2.75) is 12.8 Å². The van der Waals surface area contributed by atoms with Gasteiger partial charge < -0.3 is 9.11 Å². The van der Waals surface area contributed by atoms with Gasteiger partial charge in [0.05, 0.1) is 20.2 Å². The largest absolute Gasteiger partial charge is 1.00 e. The number of carbonyl (C=O) groups is 4. The Hall–Kier alpha value is -2.50. The number of amides is 4. The molecule has 0 atom stereocenters. The van der Waals surface area contributed by atoms with Gasteiger partial charge >= 0.3 is 59.1 Å². The van der Waals surface area contributed by atoms with Crippen molar-refractivity contribution in [3.63, 3.8) is 0 Å².